The highest BCUT2D eigenvalue weighted by Gasteiger charge is 2.22. The monoisotopic (exact) mass is 263 g/mol. The van der Waals surface area contributed by atoms with Crippen LogP contribution in [0, 0.1) is 12.8 Å². The number of hydrogen-bond acceptors (Lipinski definition) is 2. The molecule has 3 heteroatoms. The fourth-order valence-corrected chi connectivity index (χ4v) is 3.48. The Labute approximate surface area is 117 Å². The normalized spacial score (nSPS) is 19.9. The fraction of sp³-hybridized carbons (Fsp3) is 0.812. The zero-order chi connectivity index (χ0) is 13.7. The molecule has 0 radical (unpaired) electrons. The highest BCUT2D eigenvalue weighted by Crippen LogP contribution is 2.26. The number of nitrogens with one attached hydrogen (secondary N) is 1. The summed E-state index contributed by atoms with van der Waals surface area (Å²) < 4.78 is 2.04. The molecule has 1 aromatic rings. The molecule has 1 heterocycles. The second-order valence-corrected chi connectivity index (χ2v) is 6.11. The zero-order valence-electron chi connectivity index (χ0n) is 12.8. The van der Waals surface area contributed by atoms with Crippen LogP contribution in [-0.4, -0.2) is 22.9 Å². The van der Waals surface area contributed by atoms with E-state index in [1.54, 1.807) is 0 Å². The molecule has 1 fully saturated rings. The van der Waals surface area contributed by atoms with Crippen LogP contribution in [0.15, 0.2) is 6.07 Å². The lowest BCUT2D eigenvalue weighted by molar-refractivity contribution is 0.291. The van der Waals surface area contributed by atoms with Gasteiger partial charge in [-0.2, -0.15) is 5.10 Å². The van der Waals surface area contributed by atoms with E-state index in [0.717, 1.165) is 18.0 Å². The third kappa shape index (κ3) is 4.07. The second-order valence-electron chi connectivity index (χ2n) is 6.11. The molecule has 1 aliphatic carbocycles. The van der Waals surface area contributed by atoms with Gasteiger partial charge >= 0.3 is 0 Å². The van der Waals surface area contributed by atoms with Gasteiger partial charge in [-0.15, -0.1) is 0 Å². The summed E-state index contributed by atoms with van der Waals surface area (Å²) in [6, 6.07) is 2.83. The van der Waals surface area contributed by atoms with Gasteiger partial charge in [-0.1, -0.05) is 32.1 Å². The maximum Gasteiger partial charge on any atom is 0.0596 e. The van der Waals surface area contributed by atoms with Gasteiger partial charge in [0, 0.05) is 25.2 Å². The first-order valence-corrected chi connectivity index (χ1v) is 7.87. The summed E-state index contributed by atoms with van der Waals surface area (Å²) in [7, 11) is 4.18. The molecule has 1 saturated carbocycles. The number of aromatic nitrogens is 2. The van der Waals surface area contributed by atoms with Crippen LogP contribution in [0.5, 0.6) is 0 Å². The van der Waals surface area contributed by atoms with Crippen molar-refractivity contribution in [3.63, 3.8) is 0 Å². The smallest absolute Gasteiger partial charge is 0.0596 e. The Morgan fingerprint density at radius 2 is 1.89 bits per heavy atom. The summed E-state index contributed by atoms with van der Waals surface area (Å²) in [6.45, 7) is 2.08. The van der Waals surface area contributed by atoms with Crippen LogP contribution in [0.4, 0.5) is 0 Å². The van der Waals surface area contributed by atoms with Crippen molar-refractivity contribution in [2.24, 2.45) is 13.0 Å². The van der Waals surface area contributed by atoms with Gasteiger partial charge in [0.1, 0.15) is 0 Å². The van der Waals surface area contributed by atoms with E-state index in [4.69, 9.17) is 0 Å². The maximum absolute atomic E-state index is 4.47. The van der Waals surface area contributed by atoms with Gasteiger partial charge in [-0.25, -0.2) is 0 Å². The summed E-state index contributed by atoms with van der Waals surface area (Å²) >= 11 is 0. The third-order valence-corrected chi connectivity index (χ3v) is 4.62. The highest BCUT2D eigenvalue weighted by molar-refractivity contribution is 5.10. The first-order chi connectivity index (χ1) is 9.20. The van der Waals surface area contributed by atoms with E-state index in [1.807, 2.05) is 4.68 Å². The average Bonchev–Trinajstić information content (AvgIpc) is 2.65. The van der Waals surface area contributed by atoms with E-state index in [9.17, 15) is 0 Å². The minimum absolute atomic E-state index is 0.605. The van der Waals surface area contributed by atoms with Gasteiger partial charge in [-0.3, -0.25) is 4.68 Å². The Hall–Kier alpha value is -0.830. The van der Waals surface area contributed by atoms with E-state index in [-0.39, 0.29) is 0 Å². The van der Waals surface area contributed by atoms with Crippen molar-refractivity contribution in [3.8, 4) is 0 Å². The van der Waals surface area contributed by atoms with E-state index < -0.39 is 0 Å². The third-order valence-electron chi connectivity index (χ3n) is 4.62. The Kier molecular flexibility index (Phi) is 5.44. The van der Waals surface area contributed by atoms with Crippen molar-refractivity contribution in [1.82, 2.24) is 15.1 Å². The zero-order valence-corrected chi connectivity index (χ0v) is 12.8. The van der Waals surface area contributed by atoms with Gasteiger partial charge in [0.15, 0.2) is 0 Å². The summed E-state index contributed by atoms with van der Waals surface area (Å²) in [5.41, 5.74) is 2.49. The highest BCUT2D eigenvalue weighted by atomic mass is 15.3. The van der Waals surface area contributed by atoms with Crippen LogP contribution in [0.25, 0.3) is 0 Å². The van der Waals surface area contributed by atoms with Crippen molar-refractivity contribution in [1.29, 1.82) is 0 Å². The lowest BCUT2D eigenvalue weighted by atomic mass is 9.84. The maximum atomic E-state index is 4.47. The van der Waals surface area contributed by atoms with Gasteiger partial charge in [0.25, 0.3) is 0 Å². The van der Waals surface area contributed by atoms with Gasteiger partial charge in [0.05, 0.1) is 5.69 Å². The molecular formula is C16H29N3. The quantitative estimate of drug-likeness (QED) is 0.904. The van der Waals surface area contributed by atoms with Crippen molar-refractivity contribution < 1.29 is 0 Å². The number of aryl methyl sites for hydroxylation is 2. The molecule has 1 aromatic heterocycles. The summed E-state index contributed by atoms with van der Waals surface area (Å²) in [6.07, 6.45) is 11.0. The molecule has 0 aliphatic heterocycles. The van der Waals surface area contributed by atoms with Crippen molar-refractivity contribution in [2.45, 2.75) is 64.3 Å². The molecule has 1 unspecified atom stereocenters. The molecule has 0 bridgehead atoms. The van der Waals surface area contributed by atoms with Crippen LogP contribution in [0.3, 0.4) is 0 Å². The number of nitrogens with zero attached hydrogens (tertiary/aromatic N) is 2. The molecule has 0 aromatic carbocycles. The Bertz CT molecular complexity index is 375. The lowest BCUT2D eigenvalue weighted by Crippen LogP contribution is -2.36. The Balaban J connectivity index is 1.99. The minimum atomic E-state index is 0.605. The van der Waals surface area contributed by atoms with Crippen molar-refractivity contribution in [3.05, 3.63) is 17.5 Å². The molecule has 1 atom stereocenters. The number of hydrogen-bond donors (Lipinski definition) is 1. The molecule has 1 N–H and O–H groups in total. The molecule has 1 aliphatic rings. The largest absolute Gasteiger partial charge is 0.316 e. The first kappa shape index (κ1) is 14.6. The molecule has 3 nitrogen and oxygen atoms in total. The summed E-state index contributed by atoms with van der Waals surface area (Å²) in [5.74, 6) is 0.834. The molecule has 0 amide bonds. The van der Waals surface area contributed by atoms with Crippen molar-refractivity contribution in [2.75, 3.05) is 7.05 Å². The first-order valence-electron chi connectivity index (χ1n) is 7.87. The van der Waals surface area contributed by atoms with Crippen LogP contribution >= 0.6 is 0 Å². The van der Waals surface area contributed by atoms with Gasteiger partial charge in [-0.05, 0) is 38.8 Å². The molecule has 2 rings (SSSR count). The summed E-state index contributed by atoms with van der Waals surface area (Å²) in [4.78, 5) is 0. The van der Waals surface area contributed by atoms with Crippen LogP contribution < -0.4 is 5.32 Å². The Morgan fingerprint density at radius 3 is 2.42 bits per heavy atom. The van der Waals surface area contributed by atoms with Crippen molar-refractivity contribution >= 4 is 0 Å². The second kappa shape index (κ2) is 7.09. The van der Waals surface area contributed by atoms with E-state index in [2.05, 4.69) is 37.5 Å². The van der Waals surface area contributed by atoms with Gasteiger partial charge in [0.2, 0.25) is 0 Å². The molecular weight excluding hydrogens is 234 g/mol. The topological polar surface area (TPSA) is 29.9 Å². The SMILES string of the molecule is CNC(Cc1cc(C)nn1C)C1CCCCCCC1. The standard InChI is InChI=1S/C16H29N3/c1-13-11-15(19(3)18-13)12-16(17-2)14-9-7-5-4-6-8-10-14/h11,14,16-17H,4-10,12H2,1-3H3. The summed E-state index contributed by atoms with van der Waals surface area (Å²) in [5, 5.41) is 8.03. The predicted molar refractivity (Wildman–Crippen MR) is 80.3 cm³/mol. The number of likely N-dealkylation sites (N-methyl/N-ethyl adjacent to an activating group) is 1. The molecule has 0 saturated heterocycles. The van der Waals surface area contributed by atoms with E-state index in [0.29, 0.717) is 6.04 Å². The molecule has 0 spiro atoms. The van der Waals surface area contributed by atoms with Crippen LogP contribution in [0.2, 0.25) is 0 Å². The predicted octanol–water partition coefficient (Wildman–Crippen LogP) is 3.22. The minimum Gasteiger partial charge on any atom is -0.316 e. The Morgan fingerprint density at radius 1 is 1.26 bits per heavy atom. The van der Waals surface area contributed by atoms with E-state index in [1.165, 1.54) is 50.6 Å². The fourth-order valence-electron chi connectivity index (χ4n) is 3.48. The van der Waals surface area contributed by atoms with E-state index >= 15 is 0 Å². The van der Waals surface area contributed by atoms with Crippen LogP contribution in [-0.2, 0) is 13.5 Å². The molecule has 19 heavy (non-hydrogen) atoms. The average molecular weight is 263 g/mol. The van der Waals surface area contributed by atoms with Gasteiger partial charge < -0.3 is 5.32 Å². The molecule has 108 valence electrons. The van der Waals surface area contributed by atoms with Crippen LogP contribution in [0.1, 0.15) is 56.3 Å². The number of rotatable bonds is 4. The lowest BCUT2D eigenvalue weighted by Gasteiger charge is -2.28.